The Kier molecular flexibility index (Phi) is 6.62. The quantitative estimate of drug-likeness (QED) is 0.655. The number of nitrogens with one attached hydrogen (secondary N) is 1. The SMILES string of the molecule is [2H]c1ccccc1S(=O)(=O)C1(O)C=CC(C[C@H](NC(=O)OC(C)(C)C)C(=O)OC)=CC1. The molecule has 1 amide bonds. The number of rotatable bonds is 6. The third-order valence-corrected chi connectivity index (χ3v) is 6.33. The molecule has 0 aliphatic heterocycles. The summed E-state index contributed by atoms with van der Waals surface area (Å²) in [5.74, 6) is -0.697. The molecule has 1 aromatic carbocycles. The molecule has 2 atom stereocenters. The molecule has 164 valence electrons. The molecule has 9 heteroatoms. The number of sulfone groups is 1. The Balaban J connectivity index is 2.17. The normalized spacial score (nSPS) is 20.6. The van der Waals surface area contributed by atoms with E-state index in [2.05, 4.69) is 5.32 Å². The lowest BCUT2D eigenvalue weighted by Gasteiger charge is -2.27. The van der Waals surface area contributed by atoms with Crippen molar-refractivity contribution in [1.82, 2.24) is 5.32 Å². The number of hydrogen-bond donors (Lipinski definition) is 2. The fourth-order valence-corrected chi connectivity index (χ4v) is 4.17. The van der Waals surface area contributed by atoms with Crippen LogP contribution in [0.4, 0.5) is 4.79 Å². The molecule has 1 aliphatic carbocycles. The summed E-state index contributed by atoms with van der Waals surface area (Å²) in [4.78, 5) is 21.6. The van der Waals surface area contributed by atoms with Gasteiger partial charge in [-0.3, -0.25) is 0 Å². The molecule has 0 radical (unpaired) electrons. The maximum atomic E-state index is 12.9. The Morgan fingerprint density at radius 2 is 2.03 bits per heavy atom. The number of allylic oxidation sites excluding steroid dienone is 1. The van der Waals surface area contributed by atoms with Crippen LogP contribution in [0.25, 0.3) is 0 Å². The number of aliphatic hydroxyl groups is 1. The molecule has 2 rings (SSSR count). The van der Waals surface area contributed by atoms with Gasteiger partial charge in [0.1, 0.15) is 11.6 Å². The minimum atomic E-state index is -4.25. The third kappa shape index (κ3) is 5.70. The fourth-order valence-electron chi connectivity index (χ4n) is 2.76. The first-order chi connectivity index (χ1) is 14.3. The Morgan fingerprint density at radius 1 is 1.33 bits per heavy atom. The molecule has 1 unspecified atom stereocenters. The van der Waals surface area contributed by atoms with Gasteiger partial charge in [-0.05, 0) is 44.5 Å². The first-order valence-electron chi connectivity index (χ1n) is 9.77. The molecule has 0 aromatic heterocycles. The van der Waals surface area contributed by atoms with Crippen LogP contribution in [0.3, 0.4) is 0 Å². The molecule has 30 heavy (non-hydrogen) atoms. The number of alkyl carbamates (subject to hydrolysis) is 1. The highest BCUT2D eigenvalue weighted by atomic mass is 32.2. The van der Waals surface area contributed by atoms with Crippen LogP contribution < -0.4 is 5.32 Å². The van der Waals surface area contributed by atoms with Gasteiger partial charge in [0.05, 0.1) is 13.4 Å². The molecule has 0 saturated heterocycles. The van der Waals surface area contributed by atoms with Crippen LogP contribution in [-0.4, -0.2) is 49.3 Å². The van der Waals surface area contributed by atoms with Gasteiger partial charge in [0, 0.05) is 12.8 Å². The van der Waals surface area contributed by atoms with E-state index in [-0.39, 0.29) is 23.8 Å². The van der Waals surface area contributed by atoms with Crippen LogP contribution in [0.5, 0.6) is 0 Å². The lowest BCUT2D eigenvalue weighted by Crippen LogP contribution is -2.44. The van der Waals surface area contributed by atoms with Gasteiger partial charge < -0.3 is 19.9 Å². The van der Waals surface area contributed by atoms with Crippen molar-refractivity contribution in [3.63, 3.8) is 0 Å². The molecule has 0 spiro atoms. The maximum Gasteiger partial charge on any atom is 0.408 e. The van der Waals surface area contributed by atoms with Crippen LogP contribution in [0.1, 0.15) is 35.0 Å². The Bertz CT molecular complexity index is 1010. The molecule has 1 aliphatic rings. The Morgan fingerprint density at radius 3 is 2.57 bits per heavy atom. The van der Waals surface area contributed by atoms with E-state index in [0.717, 1.165) is 6.08 Å². The first kappa shape index (κ1) is 22.0. The van der Waals surface area contributed by atoms with Gasteiger partial charge in [0.15, 0.2) is 4.93 Å². The number of ether oxygens (including phenoxy) is 2. The van der Waals surface area contributed by atoms with Gasteiger partial charge in [-0.25, -0.2) is 18.0 Å². The average molecular weight is 439 g/mol. The van der Waals surface area contributed by atoms with Crippen molar-refractivity contribution in [3.05, 3.63) is 54.1 Å². The highest BCUT2D eigenvalue weighted by Crippen LogP contribution is 2.32. The minimum Gasteiger partial charge on any atom is -0.467 e. The largest absolute Gasteiger partial charge is 0.467 e. The summed E-state index contributed by atoms with van der Waals surface area (Å²) >= 11 is 0. The number of esters is 1. The number of hydrogen-bond acceptors (Lipinski definition) is 7. The van der Waals surface area contributed by atoms with Crippen LogP contribution in [0.15, 0.2) is 59.0 Å². The smallest absolute Gasteiger partial charge is 0.408 e. The van der Waals surface area contributed by atoms with Crippen molar-refractivity contribution in [1.29, 1.82) is 0 Å². The Hall–Kier alpha value is -2.65. The van der Waals surface area contributed by atoms with E-state index in [9.17, 15) is 23.1 Å². The predicted octanol–water partition coefficient (Wildman–Crippen LogP) is 2.49. The Labute approximate surface area is 177 Å². The number of carbonyl (C=O) groups is 2. The summed E-state index contributed by atoms with van der Waals surface area (Å²) < 4.78 is 43.5. The number of benzene rings is 1. The number of carbonyl (C=O) groups excluding carboxylic acids is 2. The second-order valence-corrected chi connectivity index (χ2v) is 9.97. The minimum absolute atomic E-state index is 0.00752. The number of methoxy groups -OCH3 is 1. The molecule has 2 N–H and O–H groups in total. The summed E-state index contributed by atoms with van der Waals surface area (Å²) in [6, 6.07) is 4.32. The van der Waals surface area contributed by atoms with Crippen molar-refractivity contribution >= 4 is 21.9 Å². The van der Waals surface area contributed by atoms with E-state index in [4.69, 9.17) is 10.8 Å². The van der Waals surface area contributed by atoms with Gasteiger partial charge >= 0.3 is 12.1 Å². The van der Waals surface area contributed by atoms with E-state index in [1.165, 1.54) is 43.5 Å². The molecule has 0 fully saturated rings. The lowest BCUT2D eigenvalue weighted by molar-refractivity contribution is -0.143. The molecule has 0 heterocycles. The predicted molar refractivity (Wildman–Crippen MR) is 110 cm³/mol. The van der Waals surface area contributed by atoms with E-state index >= 15 is 0 Å². The van der Waals surface area contributed by atoms with E-state index in [1.54, 1.807) is 20.8 Å². The van der Waals surface area contributed by atoms with Gasteiger partial charge in [0.25, 0.3) is 0 Å². The van der Waals surface area contributed by atoms with Crippen molar-refractivity contribution in [2.24, 2.45) is 0 Å². The molecule has 8 nitrogen and oxygen atoms in total. The topological polar surface area (TPSA) is 119 Å². The third-order valence-electron chi connectivity index (χ3n) is 4.27. The second kappa shape index (κ2) is 9.01. The van der Waals surface area contributed by atoms with Gasteiger partial charge in [-0.15, -0.1) is 0 Å². The highest BCUT2D eigenvalue weighted by Gasteiger charge is 2.41. The van der Waals surface area contributed by atoms with E-state index in [1.807, 2.05) is 0 Å². The fraction of sp³-hybridized carbons (Fsp3) is 0.429. The average Bonchev–Trinajstić information content (AvgIpc) is 2.67. The molecular formula is C21H27NO7S. The van der Waals surface area contributed by atoms with Crippen LogP contribution in [0, 0.1) is 0 Å². The molecule has 1 aromatic rings. The van der Waals surface area contributed by atoms with Crippen molar-refractivity contribution in [2.45, 2.75) is 55.1 Å². The monoisotopic (exact) mass is 438 g/mol. The van der Waals surface area contributed by atoms with E-state index < -0.39 is 38.5 Å². The van der Waals surface area contributed by atoms with Crippen molar-refractivity contribution in [2.75, 3.05) is 7.11 Å². The van der Waals surface area contributed by atoms with E-state index in [0.29, 0.717) is 5.57 Å². The second-order valence-electron chi connectivity index (χ2n) is 7.82. The van der Waals surface area contributed by atoms with Gasteiger partial charge in [-0.1, -0.05) is 30.4 Å². The van der Waals surface area contributed by atoms with Crippen LogP contribution >= 0.6 is 0 Å². The van der Waals surface area contributed by atoms with Gasteiger partial charge in [-0.2, -0.15) is 0 Å². The molecular weight excluding hydrogens is 410 g/mol. The summed E-state index contributed by atoms with van der Waals surface area (Å²) in [7, 11) is -3.07. The standard InChI is InChI=1S/C21H27NO7S/c1-20(2,3)29-19(24)22-17(18(23)28-4)14-15-10-12-21(25,13-11-15)30(26,27)16-8-6-5-7-9-16/h5-12,17,25H,13-14H2,1-4H3,(H,22,24)/t17-,21?/m0/s1/i8D. The summed E-state index contributed by atoms with van der Waals surface area (Å²) in [6.07, 6.45) is 2.89. The highest BCUT2D eigenvalue weighted by molar-refractivity contribution is 7.92. The van der Waals surface area contributed by atoms with Gasteiger partial charge in [0.2, 0.25) is 9.84 Å². The molecule has 0 bridgehead atoms. The number of amides is 1. The zero-order valence-electron chi connectivity index (χ0n) is 18.3. The van der Waals surface area contributed by atoms with Crippen molar-refractivity contribution < 1.29 is 34.0 Å². The van der Waals surface area contributed by atoms with Crippen molar-refractivity contribution in [3.8, 4) is 0 Å². The molecule has 0 saturated carbocycles. The van der Waals surface area contributed by atoms with Crippen LogP contribution in [0.2, 0.25) is 0 Å². The summed E-state index contributed by atoms with van der Waals surface area (Å²) in [5, 5.41) is 13.2. The van der Waals surface area contributed by atoms with Crippen LogP contribution in [-0.2, 0) is 24.1 Å². The maximum absolute atomic E-state index is 12.9. The lowest BCUT2D eigenvalue weighted by atomic mass is 9.98. The summed E-state index contributed by atoms with van der Waals surface area (Å²) in [5.41, 5.74) is -0.237. The zero-order valence-corrected chi connectivity index (χ0v) is 18.2. The summed E-state index contributed by atoms with van der Waals surface area (Å²) in [6.45, 7) is 5.05. The first-order valence-corrected chi connectivity index (χ1v) is 10.8. The zero-order chi connectivity index (χ0) is 23.4.